The van der Waals surface area contributed by atoms with Gasteiger partial charge in [0.15, 0.2) is 25.0 Å². The fourth-order valence-corrected chi connectivity index (χ4v) is 6.87. The first kappa shape index (κ1) is 27.2. The van der Waals surface area contributed by atoms with Gasteiger partial charge in [-0.25, -0.2) is 0 Å². The molecular formula is C18H44O5Si4. The molecule has 0 rings (SSSR count). The maximum atomic E-state index is 12.9. The van der Waals surface area contributed by atoms with Crippen LogP contribution in [0.4, 0.5) is 0 Å². The van der Waals surface area contributed by atoms with Crippen LogP contribution in [0.3, 0.4) is 0 Å². The zero-order valence-electron chi connectivity index (χ0n) is 20.0. The Hall–Kier alpha value is 0.218. The molecule has 0 saturated heterocycles. The van der Waals surface area contributed by atoms with Gasteiger partial charge in [-0.05, 0) is 85.5 Å². The average molecular weight is 453 g/mol. The maximum Gasteiger partial charge on any atom is 0.320 e. The monoisotopic (exact) mass is 452 g/mol. The first-order valence-electron chi connectivity index (χ1n) is 9.95. The number of rotatable bonds is 11. The first-order valence-corrected chi connectivity index (χ1v) is 23.6. The molecule has 0 aromatic heterocycles. The highest BCUT2D eigenvalue weighted by Gasteiger charge is 2.37. The summed E-state index contributed by atoms with van der Waals surface area (Å²) < 4.78 is 24.8. The lowest BCUT2D eigenvalue weighted by Crippen LogP contribution is -2.48. The molecule has 3 atom stereocenters. The van der Waals surface area contributed by atoms with E-state index < -0.39 is 39.4 Å². The van der Waals surface area contributed by atoms with E-state index in [1.165, 1.54) is 0 Å². The second kappa shape index (κ2) is 9.81. The predicted molar refractivity (Wildman–Crippen MR) is 124 cm³/mol. The van der Waals surface area contributed by atoms with Gasteiger partial charge in [0.25, 0.3) is 0 Å². The summed E-state index contributed by atoms with van der Waals surface area (Å²) in [6.07, 6.45) is -0.393. The van der Waals surface area contributed by atoms with Crippen molar-refractivity contribution in [2.45, 2.75) is 110 Å². The summed E-state index contributed by atoms with van der Waals surface area (Å²) in [5.74, 6) is -0.249. The molecule has 0 spiro atoms. The Balaban J connectivity index is 5.57. The number of hydrogen-bond donors (Lipinski definition) is 0. The van der Waals surface area contributed by atoms with Crippen molar-refractivity contribution in [1.29, 1.82) is 0 Å². The summed E-state index contributed by atoms with van der Waals surface area (Å²) in [6.45, 7) is 27.4. The second-order valence-electron chi connectivity index (χ2n) is 11.2. The lowest BCUT2D eigenvalue weighted by Gasteiger charge is -2.37. The fourth-order valence-electron chi connectivity index (χ4n) is 2.62. The van der Waals surface area contributed by atoms with Gasteiger partial charge in [0.05, 0.1) is 12.2 Å². The number of carbonyl (C=O) groups is 1. The largest absolute Gasteiger partial charge is 0.518 e. The molecule has 9 heteroatoms. The molecule has 162 valence electrons. The third-order valence-corrected chi connectivity index (χ3v) is 7.07. The Kier molecular flexibility index (Phi) is 9.89. The number of carbonyl (C=O) groups excluding carboxylic acids is 1. The van der Waals surface area contributed by atoms with Gasteiger partial charge in [-0.3, -0.25) is 4.79 Å². The molecule has 0 heterocycles. The minimum atomic E-state index is -1.99. The van der Waals surface area contributed by atoms with E-state index in [2.05, 4.69) is 65.8 Å². The maximum absolute atomic E-state index is 12.9. The van der Waals surface area contributed by atoms with Crippen molar-refractivity contribution in [1.82, 2.24) is 0 Å². The summed E-state index contributed by atoms with van der Waals surface area (Å²) in [6, 6.07) is 0. The van der Waals surface area contributed by atoms with Crippen molar-refractivity contribution in [2.75, 3.05) is 0 Å². The summed E-state index contributed by atoms with van der Waals surface area (Å²) in [4.78, 5) is 12.9. The topological polar surface area (TPSA) is 54.0 Å². The van der Waals surface area contributed by atoms with Crippen molar-refractivity contribution < 1.29 is 22.5 Å². The van der Waals surface area contributed by atoms with E-state index in [1.807, 2.05) is 19.6 Å². The summed E-state index contributed by atoms with van der Waals surface area (Å²) in [5, 5.41) is 0. The van der Waals surface area contributed by atoms with E-state index in [0.717, 1.165) is 0 Å². The molecule has 0 aromatic carbocycles. The average Bonchev–Trinajstić information content (AvgIpc) is 2.29. The molecule has 0 saturated carbocycles. The van der Waals surface area contributed by atoms with E-state index >= 15 is 0 Å². The Morgan fingerprint density at radius 1 is 0.667 bits per heavy atom. The molecule has 0 bridgehead atoms. The molecule has 0 aromatic rings. The highest BCUT2D eigenvalue weighted by molar-refractivity contribution is 6.72. The van der Waals surface area contributed by atoms with E-state index in [4.69, 9.17) is 17.7 Å². The zero-order chi connectivity index (χ0) is 21.8. The molecular weight excluding hydrogens is 409 g/mol. The van der Waals surface area contributed by atoms with Crippen molar-refractivity contribution in [2.24, 2.45) is 0 Å². The Morgan fingerprint density at radius 3 is 1.41 bits per heavy atom. The van der Waals surface area contributed by atoms with E-state index in [9.17, 15) is 4.79 Å². The van der Waals surface area contributed by atoms with Crippen molar-refractivity contribution in [3.63, 3.8) is 0 Å². The molecule has 5 nitrogen and oxygen atoms in total. The molecule has 0 amide bonds. The van der Waals surface area contributed by atoms with Crippen LogP contribution in [0.5, 0.6) is 0 Å². The quantitative estimate of drug-likeness (QED) is 0.391. The van der Waals surface area contributed by atoms with Gasteiger partial charge in [-0.2, -0.15) is 0 Å². The minimum Gasteiger partial charge on any atom is -0.518 e. The van der Waals surface area contributed by atoms with Gasteiger partial charge in [-0.15, -0.1) is 0 Å². The van der Waals surface area contributed by atoms with Crippen LogP contribution in [-0.2, 0) is 22.5 Å². The number of hydrogen-bond acceptors (Lipinski definition) is 5. The summed E-state index contributed by atoms with van der Waals surface area (Å²) in [5.41, 5.74) is 0. The second-order valence-corrected chi connectivity index (χ2v) is 29.0. The summed E-state index contributed by atoms with van der Waals surface area (Å²) >= 11 is 0. The van der Waals surface area contributed by atoms with Crippen LogP contribution < -0.4 is 0 Å². The van der Waals surface area contributed by atoms with Crippen molar-refractivity contribution in [3.8, 4) is 0 Å². The molecule has 0 aliphatic rings. The lowest BCUT2D eigenvalue weighted by molar-refractivity contribution is -0.145. The van der Waals surface area contributed by atoms with Gasteiger partial charge < -0.3 is 17.7 Å². The Labute approximate surface area is 172 Å². The first-order chi connectivity index (χ1) is 11.7. The van der Waals surface area contributed by atoms with Crippen molar-refractivity contribution >= 4 is 39.2 Å². The molecule has 0 aliphatic heterocycles. The van der Waals surface area contributed by atoms with Gasteiger partial charge in [-0.1, -0.05) is 0 Å². The molecule has 0 aliphatic carbocycles. The van der Waals surface area contributed by atoms with Crippen LogP contribution in [0.2, 0.25) is 78.6 Å². The fraction of sp³-hybridized carbons (Fsp3) is 0.944. The van der Waals surface area contributed by atoms with E-state index in [1.54, 1.807) is 0 Å². The van der Waals surface area contributed by atoms with E-state index in [0.29, 0.717) is 6.42 Å². The molecule has 0 N–H and O–H groups in total. The van der Waals surface area contributed by atoms with Crippen LogP contribution in [0.1, 0.15) is 13.3 Å². The van der Waals surface area contributed by atoms with Crippen molar-refractivity contribution in [3.05, 3.63) is 0 Å². The normalized spacial score (nSPS) is 17.4. The Bertz CT molecular complexity index is 472. The third-order valence-electron chi connectivity index (χ3n) is 3.18. The van der Waals surface area contributed by atoms with Crippen LogP contribution in [-0.4, -0.2) is 57.6 Å². The molecule has 27 heavy (non-hydrogen) atoms. The van der Waals surface area contributed by atoms with Crippen LogP contribution in [0.25, 0.3) is 0 Å². The highest BCUT2D eigenvalue weighted by atomic mass is 28.4. The standard InChI is InChI=1S/C18H44O5Si4/c1-15(20-24(2,3)4)16(21-25(5,6)7)14-17(22-26(8,9)10)18(19)23-27(11,12)13/h15-17H,14H2,1-13H3/t15?,16-,17-/m1/s1. The van der Waals surface area contributed by atoms with Crippen LogP contribution >= 0.6 is 0 Å². The van der Waals surface area contributed by atoms with E-state index in [-0.39, 0.29) is 18.2 Å². The van der Waals surface area contributed by atoms with Crippen LogP contribution in [0.15, 0.2) is 0 Å². The molecule has 0 radical (unpaired) electrons. The zero-order valence-corrected chi connectivity index (χ0v) is 24.0. The molecule has 1 unspecified atom stereocenters. The van der Waals surface area contributed by atoms with Gasteiger partial charge in [0.2, 0.25) is 8.32 Å². The Morgan fingerprint density at radius 2 is 1.07 bits per heavy atom. The van der Waals surface area contributed by atoms with Gasteiger partial charge in [0.1, 0.15) is 6.10 Å². The SMILES string of the molecule is CC(O[Si](C)(C)C)[C@@H](C[C@@H](O[Si](C)(C)C)C(=O)O[Si](C)(C)C)O[Si](C)(C)C. The lowest BCUT2D eigenvalue weighted by atomic mass is 10.1. The van der Waals surface area contributed by atoms with Crippen LogP contribution in [0, 0.1) is 0 Å². The van der Waals surface area contributed by atoms with Gasteiger partial charge >= 0.3 is 5.97 Å². The smallest absolute Gasteiger partial charge is 0.320 e. The summed E-state index contributed by atoms with van der Waals surface area (Å²) in [7, 11) is -7.47. The highest BCUT2D eigenvalue weighted by Crippen LogP contribution is 2.24. The predicted octanol–water partition coefficient (Wildman–Crippen LogP) is 5.43. The minimum absolute atomic E-state index is 0.0872. The molecule has 0 fully saturated rings. The third kappa shape index (κ3) is 14.8. The van der Waals surface area contributed by atoms with Gasteiger partial charge in [0, 0.05) is 6.42 Å².